The summed E-state index contributed by atoms with van der Waals surface area (Å²) in [7, 11) is 0. The number of carbonyl (C=O) groups is 2. The predicted octanol–water partition coefficient (Wildman–Crippen LogP) is 5.21. The van der Waals surface area contributed by atoms with Crippen LogP contribution in [-0.4, -0.2) is 33.0 Å². The van der Waals surface area contributed by atoms with E-state index in [9.17, 15) is 14.0 Å². The molecule has 0 aliphatic heterocycles. The molecule has 6 nitrogen and oxygen atoms in total. The third-order valence-electron chi connectivity index (χ3n) is 5.36. The lowest BCUT2D eigenvalue weighted by atomic mass is 10.0. The van der Waals surface area contributed by atoms with Gasteiger partial charge in [0.25, 0.3) is 5.91 Å². The molecular weight excluding hydrogens is 451 g/mol. The van der Waals surface area contributed by atoms with Crippen LogP contribution in [-0.2, 0) is 6.54 Å². The Morgan fingerprint density at radius 2 is 1.65 bits per heavy atom. The molecule has 1 amide bonds. The normalized spacial score (nSPS) is 11.0. The quantitative estimate of drug-likeness (QED) is 0.306. The molecule has 0 radical (unpaired) electrons. The van der Waals surface area contributed by atoms with E-state index in [0.717, 1.165) is 0 Å². The van der Waals surface area contributed by atoms with E-state index in [2.05, 4.69) is 10.1 Å². The van der Waals surface area contributed by atoms with Gasteiger partial charge in [0.15, 0.2) is 10.9 Å². The van der Waals surface area contributed by atoms with Crippen LogP contribution in [0.1, 0.15) is 26.3 Å². The van der Waals surface area contributed by atoms with Crippen molar-refractivity contribution in [1.82, 2.24) is 14.8 Å². The highest BCUT2D eigenvalue weighted by atomic mass is 32.1. The highest BCUT2D eigenvalue weighted by Crippen LogP contribution is 2.30. The molecule has 0 unspecified atom stereocenters. The fraction of sp³-hybridized carbons (Fsp3) is 0.0769. The number of ketones is 1. The minimum absolute atomic E-state index is 0.108. The van der Waals surface area contributed by atoms with Gasteiger partial charge in [-0.1, -0.05) is 53.8 Å². The van der Waals surface area contributed by atoms with Crippen LogP contribution in [0.4, 0.5) is 9.52 Å². The second-order valence-electron chi connectivity index (χ2n) is 7.61. The van der Waals surface area contributed by atoms with Gasteiger partial charge < -0.3 is 0 Å². The second kappa shape index (κ2) is 9.36. The van der Waals surface area contributed by atoms with Crippen LogP contribution in [0.15, 0.2) is 91.3 Å². The molecule has 0 N–H and O–H groups in total. The van der Waals surface area contributed by atoms with E-state index in [1.54, 1.807) is 58.2 Å². The molecule has 2 heterocycles. The SMILES string of the molecule is O=C(c1ccccc1)c1ccc(C(=O)N(CCn2cccn2)c2nc3ccc(F)cc3s2)cc1. The van der Waals surface area contributed by atoms with Gasteiger partial charge in [0, 0.05) is 35.6 Å². The number of hydrogen-bond acceptors (Lipinski definition) is 5. The van der Waals surface area contributed by atoms with Crippen molar-refractivity contribution in [1.29, 1.82) is 0 Å². The zero-order chi connectivity index (χ0) is 23.5. The van der Waals surface area contributed by atoms with Crippen LogP contribution in [0.3, 0.4) is 0 Å². The fourth-order valence-corrected chi connectivity index (χ4v) is 4.61. The van der Waals surface area contributed by atoms with Gasteiger partial charge in [-0.05, 0) is 36.4 Å². The minimum atomic E-state index is -0.351. The summed E-state index contributed by atoms with van der Waals surface area (Å²) < 4.78 is 16.1. The minimum Gasteiger partial charge on any atom is -0.289 e. The number of carbonyl (C=O) groups excluding carboxylic acids is 2. The Morgan fingerprint density at radius 1 is 0.912 bits per heavy atom. The Labute approximate surface area is 198 Å². The molecule has 34 heavy (non-hydrogen) atoms. The number of fused-ring (bicyclic) bond motifs is 1. The Kier molecular flexibility index (Phi) is 5.97. The number of halogens is 1. The Balaban J connectivity index is 1.44. The van der Waals surface area contributed by atoms with Gasteiger partial charge >= 0.3 is 0 Å². The summed E-state index contributed by atoms with van der Waals surface area (Å²) >= 11 is 1.26. The van der Waals surface area contributed by atoms with E-state index in [1.807, 2.05) is 30.5 Å². The first kappa shape index (κ1) is 21.7. The first-order valence-corrected chi connectivity index (χ1v) is 11.5. The van der Waals surface area contributed by atoms with Crippen LogP contribution < -0.4 is 4.90 Å². The summed E-state index contributed by atoms with van der Waals surface area (Å²) in [6.07, 6.45) is 3.50. The van der Waals surface area contributed by atoms with E-state index < -0.39 is 0 Å². The summed E-state index contributed by atoms with van der Waals surface area (Å²) in [5.41, 5.74) is 2.14. The lowest BCUT2D eigenvalue weighted by Gasteiger charge is -2.20. The first-order valence-electron chi connectivity index (χ1n) is 10.6. The molecule has 2 aromatic heterocycles. The number of rotatable bonds is 7. The van der Waals surface area contributed by atoms with Crippen molar-refractivity contribution < 1.29 is 14.0 Å². The number of nitrogens with zero attached hydrogens (tertiary/aromatic N) is 4. The highest BCUT2D eigenvalue weighted by Gasteiger charge is 2.22. The van der Waals surface area contributed by atoms with Crippen molar-refractivity contribution in [2.45, 2.75) is 6.54 Å². The van der Waals surface area contributed by atoms with E-state index >= 15 is 0 Å². The highest BCUT2D eigenvalue weighted by molar-refractivity contribution is 7.22. The summed E-state index contributed by atoms with van der Waals surface area (Å²) in [5, 5.41) is 4.68. The molecule has 3 aromatic carbocycles. The fourth-order valence-electron chi connectivity index (χ4n) is 3.60. The number of anilines is 1. The second-order valence-corrected chi connectivity index (χ2v) is 8.62. The molecule has 0 aliphatic rings. The maximum Gasteiger partial charge on any atom is 0.260 e. The van der Waals surface area contributed by atoms with Crippen LogP contribution in [0.25, 0.3) is 10.2 Å². The summed E-state index contributed by atoms with van der Waals surface area (Å²) in [6, 6.07) is 21.8. The van der Waals surface area contributed by atoms with Crippen molar-refractivity contribution in [2.24, 2.45) is 0 Å². The monoisotopic (exact) mass is 470 g/mol. The van der Waals surface area contributed by atoms with Gasteiger partial charge in [-0.3, -0.25) is 19.2 Å². The molecule has 5 rings (SSSR count). The standard InChI is InChI=1S/C26H19FN4O2S/c27-21-11-12-22-23(17-21)34-26(29-22)31(16-15-30-14-4-13-28-30)25(33)20-9-7-19(8-10-20)24(32)18-5-2-1-3-6-18/h1-14,17H,15-16H2. The average molecular weight is 471 g/mol. The van der Waals surface area contributed by atoms with Crippen molar-refractivity contribution in [3.05, 3.63) is 114 Å². The van der Waals surface area contributed by atoms with Gasteiger partial charge in [-0.2, -0.15) is 5.10 Å². The lowest BCUT2D eigenvalue weighted by Crippen LogP contribution is -2.34. The number of aromatic nitrogens is 3. The topological polar surface area (TPSA) is 68.1 Å². The summed E-state index contributed by atoms with van der Waals surface area (Å²) in [6.45, 7) is 0.793. The van der Waals surface area contributed by atoms with Crippen LogP contribution in [0.5, 0.6) is 0 Å². The molecule has 8 heteroatoms. The van der Waals surface area contributed by atoms with E-state index in [1.165, 1.54) is 23.5 Å². The van der Waals surface area contributed by atoms with Gasteiger partial charge in [0.1, 0.15) is 5.82 Å². The van der Waals surface area contributed by atoms with Crippen LogP contribution in [0, 0.1) is 5.82 Å². The molecule has 168 valence electrons. The maximum absolute atomic E-state index is 13.7. The van der Waals surface area contributed by atoms with Gasteiger partial charge in [-0.15, -0.1) is 0 Å². The van der Waals surface area contributed by atoms with Gasteiger partial charge in [-0.25, -0.2) is 9.37 Å². The molecule has 0 aliphatic carbocycles. The maximum atomic E-state index is 13.7. The number of amides is 1. The smallest absolute Gasteiger partial charge is 0.260 e. The Hall–Kier alpha value is -4.17. The molecule has 5 aromatic rings. The average Bonchev–Trinajstić information content (AvgIpc) is 3.54. The summed E-state index contributed by atoms with van der Waals surface area (Å²) in [5.74, 6) is -0.718. The van der Waals surface area contributed by atoms with E-state index in [0.29, 0.717) is 45.1 Å². The third-order valence-corrected chi connectivity index (χ3v) is 6.40. The number of benzene rings is 3. The van der Waals surface area contributed by atoms with Crippen LogP contribution in [0.2, 0.25) is 0 Å². The first-order chi connectivity index (χ1) is 16.6. The van der Waals surface area contributed by atoms with Crippen molar-refractivity contribution in [2.75, 3.05) is 11.4 Å². The number of hydrogen-bond donors (Lipinski definition) is 0. The lowest BCUT2D eigenvalue weighted by molar-refractivity contribution is 0.0983. The molecule has 0 saturated carbocycles. The zero-order valence-corrected chi connectivity index (χ0v) is 18.8. The third kappa shape index (κ3) is 4.49. The Bertz CT molecular complexity index is 1450. The number of thiazole rings is 1. The molecule has 0 fully saturated rings. The molecular formula is C26H19FN4O2S. The van der Waals surface area contributed by atoms with Crippen molar-refractivity contribution >= 4 is 38.4 Å². The Morgan fingerprint density at radius 3 is 2.38 bits per heavy atom. The van der Waals surface area contributed by atoms with Crippen molar-refractivity contribution in [3.8, 4) is 0 Å². The van der Waals surface area contributed by atoms with E-state index in [-0.39, 0.29) is 17.5 Å². The van der Waals surface area contributed by atoms with Crippen LogP contribution >= 0.6 is 11.3 Å². The predicted molar refractivity (Wildman–Crippen MR) is 130 cm³/mol. The van der Waals surface area contributed by atoms with Crippen molar-refractivity contribution in [3.63, 3.8) is 0 Å². The molecule has 0 bridgehead atoms. The van der Waals surface area contributed by atoms with Gasteiger partial charge in [0.05, 0.1) is 16.8 Å². The van der Waals surface area contributed by atoms with Gasteiger partial charge in [0.2, 0.25) is 0 Å². The molecule has 0 spiro atoms. The largest absolute Gasteiger partial charge is 0.289 e. The summed E-state index contributed by atoms with van der Waals surface area (Å²) in [4.78, 5) is 32.3. The zero-order valence-electron chi connectivity index (χ0n) is 18.0. The molecule has 0 atom stereocenters. The van der Waals surface area contributed by atoms with E-state index in [4.69, 9.17) is 0 Å². The molecule has 0 saturated heterocycles.